The van der Waals surface area contributed by atoms with Gasteiger partial charge in [-0.1, -0.05) is 0 Å². The Morgan fingerprint density at radius 1 is 0.452 bits per heavy atom. The molecule has 2 rings (SSSR count). The first kappa shape index (κ1) is 27.8. The van der Waals surface area contributed by atoms with E-state index in [1.807, 2.05) is 0 Å². The summed E-state index contributed by atoms with van der Waals surface area (Å²) in [5, 5.41) is 15.9. The molecule has 0 amide bonds. The third-order valence-electron chi connectivity index (χ3n) is 3.50. The topological polar surface area (TPSA) is 77.4 Å². The summed E-state index contributed by atoms with van der Waals surface area (Å²) in [6.45, 7) is 0. The molecule has 2 N–H and O–H groups in total. The monoisotopic (exact) mass is 1010 g/mol. The molecule has 6 nitrogen and oxygen atoms in total. The van der Waals surface area contributed by atoms with Gasteiger partial charge in [0.25, 0.3) is 0 Å². The Morgan fingerprint density at radius 2 is 0.613 bits per heavy atom. The van der Waals surface area contributed by atoms with Gasteiger partial charge < -0.3 is 10.2 Å². The molecule has 2 aliphatic heterocycles. The van der Waals surface area contributed by atoms with Crippen LogP contribution in [-0.4, -0.2) is 58.9 Å². The van der Waals surface area contributed by atoms with E-state index in [0.29, 0.717) is 0 Å². The number of ether oxygens (including phenoxy) is 4. The average molecular weight is 1010 g/mol. The molecule has 31 heavy (non-hydrogen) atoms. The number of aliphatic hydroxyl groups is 2. The van der Waals surface area contributed by atoms with Crippen molar-refractivity contribution in [1.82, 2.24) is 0 Å². The minimum absolute atomic E-state index is 0. The van der Waals surface area contributed by atoms with Crippen LogP contribution < -0.4 is 0 Å². The van der Waals surface area contributed by atoms with E-state index in [0.717, 1.165) is 0 Å². The van der Waals surface area contributed by atoms with E-state index < -0.39 is 54.1 Å². The summed E-state index contributed by atoms with van der Waals surface area (Å²) in [5.74, 6) is 0. The molecule has 0 atom stereocenters. The van der Waals surface area contributed by atoms with Crippen molar-refractivity contribution in [2.45, 2.75) is 48.7 Å². The molecule has 176 valence electrons. The molecule has 0 unspecified atom stereocenters. The van der Waals surface area contributed by atoms with Gasteiger partial charge in [-0.05, 0) is 0 Å². The zero-order valence-corrected chi connectivity index (χ0v) is 26.5. The molecule has 0 bridgehead atoms. The summed E-state index contributed by atoms with van der Waals surface area (Å²) in [4.78, 5) is 0. The van der Waals surface area contributed by atoms with Crippen molar-refractivity contribution >= 4 is 0 Å². The number of rotatable bonds is 2. The molecule has 2 aliphatic rings. The summed E-state index contributed by atoms with van der Waals surface area (Å²) in [6, 6.07) is -13.0. The van der Waals surface area contributed by atoms with Crippen molar-refractivity contribution in [1.29, 1.82) is 0 Å². The van der Waals surface area contributed by atoms with Crippen LogP contribution in [0.2, 0.25) is 0 Å². The second-order valence-corrected chi connectivity index (χ2v) is 5.38. The van der Waals surface area contributed by atoms with Crippen molar-refractivity contribution in [2.75, 3.05) is 0 Å². The van der Waals surface area contributed by atoms with Gasteiger partial charge in [-0.25, -0.2) is 0 Å². The van der Waals surface area contributed by atoms with Crippen LogP contribution in [0.5, 0.6) is 0 Å². The smallest absolute Gasteiger partial charge is 0.330 e. The minimum atomic E-state index is -7.35. The molecule has 1 spiro atoms. The molecular formula is C9H2F14O6Rf2. The molecule has 22 heteroatoms. The fraction of sp³-hybridized carbons (Fsp3) is 1.00. The molecule has 0 radical (unpaired) electrons. The maximum Gasteiger partial charge on any atom is 0.441 e. The molecule has 0 aliphatic carbocycles. The molecule has 2 fully saturated rings. The van der Waals surface area contributed by atoms with E-state index in [1.165, 1.54) is 0 Å². The SMILES string of the molecule is OC(F)(F)C1(F)OC(F)(F)C2(C(F)(F)O1)C(F)(F)OC(F)(C(O)(F)F)OC2(F)F.[Rf].[Rf]. The zero-order chi connectivity index (χ0) is 23.3. The Morgan fingerprint density at radius 3 is 0.742 bits per heavy atom. The van der Waals surface area contributed by atoms with E-state index in [9.17, 15) is 61.5 Å². The van der Waals surface area contributed by atoms with Crippen LogP contribution in [0.3, 0.4) is 0 Å². The van der Waals surface area contributed by atoms with E-state index in [1.54, 1.807) is 0 Å². The number of hydrogen-bond acceptors (Lipinski definition) is 6. The van der Waals surface area contributed by atoms with Crippen LogP contribution in [0.15, 0.2) is 0 Å². The Hall–Kier alpha value is -3.22. The van der Waals surface area contributed by atoms with E-state index in [4.69, 9.17) is 10.2 Å². The molecular weight excluding hydrogens is 1000 g/mol. The van der Waals surface area contributed by atoms with Gasteiger partial charge in [-0.2, -0.15) is 61.5 Å². The van der Waals surface area contributed by atoms with Crippen LogP contribution in [0.1, 0.15) is 0 Å². The van der Waals surface area contributed by atoms with Crippen LogP contribution >= 0.6 is 0 Å². The Bertz CT molecular complexity index is 595. The average Bonchev–Trinajstić information content (AvgIpc) is 2.27. The van der Waals surface area contributed by atoms with Gasteiger partial charge in [-0.15, -0.1) is 0 Å². The first-order valence-corrected chi connectivity index (χ1v) is 6.23. The van der Waals surface area contributed by atoms with Crippen molar-refractivity contribution in [3.8, 4) is 0 Å². The van der Waals surface area contributed by atoms with Gasteiger partial charge in [-0.3, -0.25) is 18.9 Å². The second-order valence-electron chi connectivity index (χ2n) is 5.38. The van der Waals surface area contributed by atoms with E-state index in [-0.39, 0.29) is 0 Å². The van der Waals surface area contributed by atoms with Crippen molar-refractivity contribution in [3.05, 3.63) is 0 Å². The van der Waals surface area contributed by atoms with E-state index in [2.05, 4.69) is 18.9 Å². The number of alkyl halides is 14. The molecule has 2 heterocycles. The number of halogens is 14. The summed E-state index contributed by atoms with van der Waals surface area (Å²) < 4.78 is 196. The minimum Gasteiger partial charge on any atom is -0.330 e. The summed E-state index contributed by atoms with van der Waals surface area (Å²) in [7, 11) is 0. The Balaban J connectivity index is 0.00000450. The third kappa shape index (κ3) is 2.94. The van der Waals surface area contributed by atoms with Gasteiger partial charge >= 0.3 is 54.1 Å². The fourth-order valence-corrected chi connectivity index (χ4v) is 2.27. The van der Waals surface area contributed by atoms with Crippen molar-refractivity contribution in [3.63, 3.8) is 0 Å². The van der Waals surface area contributed by atoms with Gasteiger partial charge in [0.2, 0.25) is 0 Å². The first-order chi connectivity index (χ1) is 12.3. The second kappa shape index (κ2) is 5.93. The zero-order valence-electron chi connectivity index (χ0n) is 13.7. The number of hydrogen-bond donors (Lipinski definition) is 2. The fourth-order valence-electron chi connectivity index (χ4n) is 2.27. The summed E-state index contributed by atoms with van der Waals surface area (Å²) in [5.41, 5.74) is -7.30. The van der Waals surface area contributed by atoms with Gasteiger partial charge in [0, 0.05) is 0 Å². The standard InChI is InChI=1S/C9H2F14O6.2Rf/c10-2(11,24)8(22)26-4(14,15)1(5(16,17)27-8)6(18,19)28-9(23,3(12,13)25)29-7(1,20)21;;/h24-25H;;. The molecule has 0 aromatic rings. The molecule has 2 saturated heterocycles. The van der Waals surface area contributed by atoms with Crippen LogP contribution in [0, 0.1) is 5.41 Å². The summed E-state index contributed by atoms with van der Waals surface area (Å²) >= 11 is 0. The van der Waals surface area contributed by atoms with Gasteiger partial charge in [0.1, 0.15) is 0 Å². The van der Waals surface area contributed by atoms with Crippen LogP contribution in [-0.2, 0) is 18.9 Å². The molecule has 0 saturated carbocycles. The first-order valence-electron chi connectivity index (χ1n) is 6.23. The van der Waals surface area contributed by atoms with Gasteiger partial charge in [0.15, 0.2) is 0 Å². The largest absolute Gasteiger partial charge is 0.441 e. The molecule has 0 aromatic heterocycles. The predicted octanol–water partition coefficient (Wildman–Crippen LogP) is 2.85. The van der Waals surface area contributed by atoms with Crippen LogP contribution in [0.25, 0.3) is 0 Å². The van der Waals surface area contributed by atoms with Crippen molar-refractivity contribution in [2.24, 2.45) is 5.41 Å². The molecule has 0 aromatic carbocycles. The van der Waals surface area contributed by atoms with Gasteiger partial charge in [0.05, 0.1) is 0 Å². The maximum absolute atomic E-state index is 13.8. The van der Waals surface area contributed by atoms with E-state index >= 15 is 0 Å². The predicted molar refractivity (Wildman–Crippen MR) is 48.6 cm³/mol. The Kier molecular flexibility index (Phi) is 5.31. The Labute approximate surface area is 146 Å². The maximum atomic E-state index is 13.8. The quantitative estimate of drug-likeness (QED) is 0.416. The third-order valence-corrected chi connectivity index (χ3v) is 3.50. The normalized spacial score (nSPS) is 38.7. The van der Waals surface area contributed by atoms with Crippen molar-refractivity contribution < 1.29 is 90.6 Å². The van der Waals surface area contributed by atoms with Crippen LogP contribution in [0.4, 0.5) is 61.5 Å². The summed E-state index contributed by atoms with van der Waals surface area (Å²) in [6.07, 6.45) is -42.5.